The van der Waals surface area contributed by atoms with Crippen LogP contribution in [0.25, 0.3) is 0 Å². The number of carbonyl (C=O) groups is 1. The van der Waals surface area contributed by atoms with E-state index in [-0.39, 0.29) is 5.78 Å². The van der Waals surface area contributed by atoms with Gasteiger partial charge in [-0.3, -0.25) is 9.48 Å². The fourth-order valence-electron chi connectivity index (χ4n) is 2.19. The van der Waals surface area contributed by atoms with Gasteiger partial charge in [-0.25, -0.2) is 0 Å². The summed E-state index contributed by atoms with van der Waals surface area (Å²) in [6.45, 7) is 2.04. The van der Waals surface area contributed by atoms with Crippen LogP contribution in [-0.2, 0) is 19.9 Å². The molecule has 0 aliphatic rings. The molecule has 0 N–H and O–H groups in total. The van der Waals surface area contributed by atoms with Crippen molar-refractivity contribution in [2.24, 2.45) is 7.05 Å². The summed E-state index contributed by atoms with van der Waals surface area (Å²) in [6, 6.07) is 7.17. The molecular weight excluding hydrogens is 268 g/mol. The molecule has 0 fully saturated rings. The van der Waals surface area contributed by atoms with Gasteiger partial charge in [0, 0.05) is 18.3 Å². The minimum atomic E-state index is 0.0293. The van der Waals surface area contributed by atoms with Gasteiger partial charge < -0.3 is 9.47 Å². The van der Waals surface area contributed by atoms with Crippen LogP contribution in [0.2, 0.25) is 0 Å². The molecule has 1 aromatic carbocycles. The van der Waals surface area contributed by atoms with Gasteiger partial charge in [-0.2, -0.15) is 5.10 Å². The molecule has 112 valence electrons. The van der Waals surface area contributed by atoms with Crippen LogP contribution in [0.1, 0.15) is 28.7 Å². The highest BCUT2D eigenvalue weighted by atomic mass is 16.5. The van der Waals surface area contributed by atoms with E-state index in [1.807, 2.05) is 20.0 Å². The van der Waals surface area contributed by atoms with Crippen molar-refractivity contribution in [3.8, 4) is 11.5 Å². The molecule has 0 spiro atoms. The molecule has 5 nitrogen and oxygen atoms in total. The molecule has 0 unspecified atom stereocenters. The number of ether oxygens (including phenoxy) is 2. The van der Waals surface area contributed by atoms with E-state index in [1.165, 1.54) is 0 Å². The average molecular weight is 288 g/mol. The first kappa shape index (κ1) is 15.1. The number of hydrogen-bond donors (Lipinski definition) is 0. The Morgan fingerprint density at radius 3 is 2.48 bits per heavy atom. The molecule has 0 aliphatic carbocycles. The molecule has 5 heteroatoms. The summed E-state index contributed by atoms with van der Waals surface area (Å²) in [5.41, 5.74) is 2.51. The fourth-order valence-corrected chi connectivity index (χ4v) is 2.19. The summed E-state index contributed by atoms with van der Waals surface area (Å²) in [5.74, 6) is 1.20. The number of methoxy groups -OCH3 is 2. The lowest BCUT2D eigenvalue weighted by atomic mass is 10.1. The highest BCUT2D eigenvalue weighted by Gasteiger charge is 2.14. The molecule has 1 aromatic heterocycles. The summed E-state index contributed by atoms with van der Waals surface area (Å²) in [6.07, 6.45) is 1.18. The third kappa shape index (κ3) is 3.24. The van der Waals surface area contributed by atoms with Crippen molar-refractivity contribution in [2.75, 3.05) is 14.2 Å². The first-order valence-corrected chi connectivity index (χ1v) is 6.86. The summed E-state index contributed by atoms with van der Waals surface area (Å²) in [5, 5.41) is 4.36. The summed E-state index contributed by atoms with van der Waals surface area (Å²) in [4.78, 5) is 12.4. The molecule has 0 saturated heterocycles. The molecule has 21 heavy (non-hydrogen) atoms. The SMILES string of the molecule is CCc1cc(CC(=O)c2ccc(OC)c(OC)c2)n(C)n1. The highest BCUT2D eigenvalue weighted by Crippen LogP contribution is 2.28. The number of rotatable bonds is 6. The van der Waals surface area contributed by atoms with Gasteiger partial charge in [0.25, 0.3) is 0 Å². The maximum absolute atomic E-state index is 12.4. The van der Waals surface area contributed by atoms with Gasteiger partial charge in [0.1, 0.15) is 0 Å². The summed E-state index contributed by atoms with van der Waals surface area (Å²) >= 11 is 0. The molecule has 0 bridgehead atoms. The van der Waals surface area contributed by atoms with Crippen LogP contribution >= 0.6 is 0 Å². The monoisotopic (exact) mass is 288 g/mol. The molecule has 0 aliphatic heterocycles. The van der Waals surface area contributed by atoms with Gasteiger partial charge >= 0.3 is 0 Å². The second-order valence-electron chi connectivity index (χ2n) is 4.77. The van der Waals surface area contributed by atoms with Crippen molar-refractivity contribution < 1.29 is 14.3 Å². The van der Waals surface area contributed by atoms with E-state index in [4.69, 9.17) is 9.47 Å². The predicted molar refractivity (Wildman–Crippen MR) is 80.2 cm³/mol. The van der Waals surface area contributed by atoms with E-state index < -0.39 is 0 Å². The number of ketones is 1. The van der Waals surface area contributed by atoms with Crippen LogP contribution in [0.3, 0.4) is 0 Å². The maximum Gasteiger partial charge on any atom is 0.168 e. The van der Waals surface area contributed by atoms with Crippen molar-refractivity contribution in [3.05, 3.63) is 41.2 Å². The lowest BCUT2D eigenvalue weighted by Gasteiger charge is -2.09. The van der Waals surface area contributed by atoms with Crippen molar-refractivity contribution in [3.63, 3.8) is 0 Å². The molecule has 0 atom stereocenters. The molecule has 0 saturated carbocycles. The molecular formula is C16H20N2O3. The van der Waals surface area contributed by atoms with Gasteiger partial charge in [-0.1, -0.05) is 6.92 Å². The van der Waals surface area contributed by atoms with Crippen LogP contribution in [0, 0.1) is 0 Å². The van der Waals surface area contributed by atoms with E-state index in [0.29, 0.717) is 23.5 Å². The predicted octanol–water partition coefficient (Wildman–Crippen LogP) is 2.43. The second kappa shape index (κ2) is 6.43. The molecule has 1 heterocycles. The maximum atomic E-state index is 12.4. The zero-order chi connectivity index (χ0) is 15.4. The van der Waals surface area contributed by atoms with Crippen molar-refractivity contribution >= 4 is 5.78 Å². The minimum Gasteiger partial charge on any atom is -0.493 e. The number of hydrogen-bond acceptors (Lipinski definition) is 4. The second-order valence-corrected chi connectivity index (χ2v) is 4.77. The van der Waals surface area contributed by atoms with E-state index in [9.17, 15) is 4.79 Å². The lowest BCUT2D eigenvalue weighted by Crippen LogP contribution is -2.08. The number of carbonyl (C=O) groups excluding carboxylic acids is 1. The number of nitrogens with zero attached hydrogens (tertiary/aromatic N) is 2. The Kier molecular flexibility index (Phi) is 4.62. The van der Waals surface area contributed by atoms with Gasteiger partial charge in [0.2, 0.25) is 0 Å². The van der Waals surface area contributed by atoms with E-state index in [1.54, 1.807) is 37.1 Å². The zero-order valence-electron chi connectivity index (χ0n) is 12.8. The van der Waals surface area contributed by atoms with E-state index in [0.717, 1.165) is 17.8 Å². The van der Waals surface area contributed by atoms with Gasteiger partial charge in [-0.15, -0.1) is 0 Å². The van der Waals surface area contributed by atoms with Crippen molar-refractivity contribution in [1.29, 1.82) is 0 Å². The first-order chi connectivity index (χ1) is 10.1. The first-order valence-electron chi connectivity index (χ1n) is 6.86. The fraction of sp³-hybridized carbons (Fsp3) is 0.375. The number of aromatic nitrogens is 2. The zero-order valence-corrected chi connectivity index (χ0v) is 12.8. The molecule has 0 radical (unpaired) electrons. The van der Waals surface area contributed by atoms with Crippen LogP contribution in [-0.4, -0.2) is 29.8 Å². The topological polar surface area (TPSA) is 53.4 Å². The Labute approximate surface area is 124 Å². The number of Topliss-reactive ketones (excluding diaryl/α,β-unsaturated/α-hetero) is 1. The molecule has 2 rings (SSSR count). The third-order valence-electron chi connectivity index (χ3n) is 3.44. The molecule has 2 aromatic rings. The van der Waals surface area contributed by atoms with Crippen LogP contribution in [0.5, 0.6) is 11.5 Å². The minimum absolute atomic E-state index is 0.0293. The van der Waals surface area contributed by atoms with Gasteiger partial charge in [0.15, 0.2) is 17.3 Å². The quantitative estimate of drug-likeness (QED) is 0.766. The summed E-state index contributed by atoms with van der Waals surface area (Å²) in [7, 11) is 4.98. The van der Waals surface area contributed by atoms with E-state index in [2.05, 4.69) is 5.10 Å². The summed E-state index contributed by atoms with van der Waals surface area (Å²) < 4.78 is 12.2. The average Bonchev–Trinajstić information content (AvgIpc) is 2.86. The van der Waals surface area contributed by atoms with Gasteiger partial charge in [0.05, 0.1) is 26.3 Å². The van der Waals surface area contributed by atoms with E-state index >= 15 is 0 Å². The Morgan fingerprint density at radius 1 is 1.19 bits per heavy atom. The molecule has 0 amide bonds. The van der Waals surface area contributed by atoms with Crippen molar-refractivity contribution in [1.82, 2.24) is 9.78 Å². The Bertz CT molecular complexity index is 647. The lowest BCUT2D eigenvalue weighted by molar-refractivity contribution is 0.0990. The third-order valence-corrected chi connectivity index (χ3v) is 3.44. The van der Waals surface area contributed by atoms with Gasteiger partial charge in [-0.05, 0) is 30.7 Å². The van der Waals surface area contributed by atoms with Crippen LogP contribution in [0.4, 0.5) is 0 Å². The highest BCUT2D eigenvalue weighted by molar-refractivity contribution is 5.97. The standard InChI is InChI=1S/C16H20N2O3/c1-5-12-9-13(18(2)17-12)10-14(19)11-6-7-15(20-3)16(8-11)21-4/h6-9H,5,10H2,1-4H3. The smallest absolute Gasteiger partial charge is 0.168 e. The largest absolute Gasteiger partial charge is 0.493 e. The Balaban J connectivity index is 2.21. The van der Waals surface area contributed by atoms with Crippen LogP contribution < -0.4 is 9.47 Å². The normalized spacial score (nSPS) is 10.5. The number of aryl methyl sites for hydroxylation is 2. The Hall–Kier alpha value is -2.30. The van der Waals surface area contributed by atoms with Crippen LogP contribution in [0.15, 0.2) is 24.3 Å². The Morgan fingerprint density at radius 2 is 1.90 bits per heavy atom. The van der Waals surface area contributed by atoms with Crippen molar-refractivity contribution in [2.45, 2.75) is 19.8 Å². The number of benzene rings is 1.